The SMILES string of the molecule is COc1ccc(S(=O)(=O)N(C)C)cc1NC(=O)CN1CCc2sccc2[C@@H]1c1ccccc1. The summed E-state index contributed by atoms with van der Waals surface area (Å²) in [5.41, 5.74) is 2.71. The molecule has 0 radical (unpaired) electrons. The molecule has 0 fully saturated rings. The summed E-state index contributed by atoms with van der Waals surface area (Å²) in [5, 5.41) is 4.97. The van der Waals surface area contributed by atoms with Crippen molar-refractivity contribution in [2.24, 2.45) is 0 Å². The standard InChI is InChI=1S/C24H27N3O4S2/c1-26(2)33(29,30)18-9-10-21(31-3)20(15-18)25-23(28)16-27-13-11-22-19(12-14-32-22)24(27)17-7-5-4-6-8-17/h4-10,12,14-15,24H,11,13,16H2,1-3H3,(H,25,28)/t24-/m0/s1. The average Bonchev–Trinajstić information content (AvgIpc) is 3.28. The first-order valence-electron chi connectivity index (χ1n) is 10.6. The molecule has 0 saturated heterocycles. The zero-order valence-corrected chi connectivity index (χ0v) is 20.4. The summed E-state index contributed by atoms with van der Waals surface area (Å²) in [6.07, 6.45) is 0.892. The van der Waals surface area contributed by atoms with E-state index < -0.39 is 10.0 Å². The third-order valence-electron chi connectivity index (χ3n) is 5.75. The number of nitrogens with one attached hydrogen (secondary N) is 1. The second-order valence-electron chi connectivity index (χ2n) is 8.03. The molecule has 0 spiro atoms. The third kappa shape index (κ3) is 4.81. The normalized spacial score (nSPS) is 16.4. The summed E-state index contributed by atoms with van der Waals surface area (Å²) >= 11 is 1.75. The number of fused-ring (bicyclic) bond motifs is 1. The van der Waals surface area contributed by atoms with E-state index in [1.165, 1.54) is 43.8 Å². The Hall–Kier alpha value is -2.72. The molecule has 7 nitrogen and oxygen atoms in total. The molecule has 0 bridgehead atoms. The third-order valence-corrected chi connectivity index (χ3v) is 8.56. The predicted molar refractivity (Wildman–Crippen MR) is 130 cm³/mol. The van der Waals surface area contributed by atoms with Crippen molar-refractivity contribution in [3.8, 4) is 5.75 Å². The maximum atomic E-state index is 13.1. The van der Waals surface area contributed by atoms with Gasteiger partial charge in [0.25, 0.3) is 0 Å². The highest BCUT2D eigenvalue weighted by Crippen LogP contribution is 2.37. The molecular weight excluding hydrogens is 458 g/mol. The minimum atomic E-state index is -3.64. The van der Waals surface area contributed by atoms with Gasteiger partial charge in [0, 0.05) is 25.5 Å². The lowest BCUT2D eigenvalue weighted by Gasteiger charge is -2.35. The fourth-order valence-corrected chi connectivity index (χ4v) is 5.93. The van der Waals surface area contributed by atoms with Crippen LogP contribution in [0.3, 0.4) is 0 Å². The van der Waals surface area contributed by atoms with Crippen molar-refractivity contribution in [2.45, 2.75) is 17.4 Å². The molecule has 1 aromatic heterocycles. The van der Waals surface area contributed by atoms with Crippen LogP contribution in [0.1, 0.15) is 22.0 Å². The Morgan fingerprint density at radius 1 is 1.18 bits per heavy atom. The van der Waals surface area contributed by atoms with Crippen molar-refractivity contribution >= 4 is 33.0 Å². The number of methoxy groups -OCH3 is 1. The van der Waals surface area contributed by atoms with Crippen LogP contribution in [0, 0.1) is 0 Å². The van der Waals surface area contributed by atoms with Crippen LogP contribution in [0.4, 0.5) is 5.69 Å². The van der Waals surface area contributed by atoms with Crippen LogP contribution in [0.2, 0.25) is 0 Å². The van der Waals surface area contributed by atoms with Crippen molar-refractivity contribution in [1.82, 2.24) is 9.21 Å². The lowest BCUT2D eigenvalue weighted by molar-refractivity contribution is -0.117. The lowest BCUT2D eigenvalue weighted by atomic mass is 9.93. The molecule has 1 amide bonds. The zero-order chi connectivity index (χ0) is 23.6. The summed E-state index contributed by atoms with van der Waals surface area (Å²) < 4.78 is 31.6. The van der Waals surface area contributed by atoms with E-state index in [0.717, 1.165) is 22.8 Å². The molecule has 3 aromatic rings. The predicted octanol–water partition coefficient (Wildman–Crippen LogP) is 3.59. The number of ether oxygens (including phenoxy) is 1. The number of amides is 1. The fourth-order valence-electron chi connectivity index (χ4n) is 4.09. The van der Waals surface area contributed by atoms with Crippen LogP contribution in [-0.4, -0.2) is 57.8 Å². The minimum absolute atomic E-state index is 0.00528. The van der Waals surface area contributed by atoms with Crippen LogP contribution in [0.25, 0.3) is 0 Å². The van der Waals surface area contributed by atoms with Gasteiger partial charge in [0.2, 0.25) is 15.9 Å². The summed E-state index contributed by atoms with van der Waals surface area (Å²) in [5.74, 6) is 0.173. The van der Waals surface area contributed by atoms with Crippen molar-refractivity contribution in [2.75, 3.05) is 39.6 Å². The number of hydrogen-bond donors (Lipinski definition) is 1. The van der Waals surface area contributed by atoms with Gasteiger partial charge in [-0.15, -0.1) is 11.3 Å². The Morgan fingerprint density at radius 3 is 2.64 bits per heavy atom. The van der Waals surface area contributed by atoms with E-state index in [0.29, 0.717) is 11.4 Å². The van der Waals surface area contributed by atoms with Gasteiger partial charge in [-0.25, -0.2) is 12.7 Å². The van der Waals surface area contributed by atoms with Crippen molar-refractivity contribution in [3.63, 3.8) is 0 Å². The van der Waals surface area contributed by atoms with Crippen LogP contribution in [-0.2, 0) is 21.2 Å². The summed E-state index contributed by atoms with van der Waals surface area (Å²) in [4.78, 5) is 16.7. The van der Waals surface area contributed by atoms with Gasteiger partial charge in [0.15, 0.2) is 0 Å². The van der Waals surface area contributed by atoms with Gasteiger partial charge in [0.05, 0.1) is 30.3 Å². The van der Waals surface area contributed by atoms with Gasteiger partial charge in [-0.2, -0.15) is 0 Å². The molecule has 2 heterocycles. The average molecular weight is 486 g/mol. The highest BCUT2D eigenvalue weighted by Gasteiger charge is 2.31. The van der Waals surface area contributed by atoms with Gasteiger partial charge in [0.1, 0.15) is 5.75 Å². The quantitative estimate of drug-likeness (QED) is 0.553. The maximum absolute atomic E-state index is 13.1. The second kappa shape index (κ2) is 9.64. The molecule has 1 N–H and O–H groups in total. The Labute approximate surface area is 198 Å². The van der Waals surface area contributed by atoms with Crippen molar-refractivity contribution in [3.05, 3.63) is 76.0 Å². The van der Waals surface area contributed by atoms with Crippen molar-refractivity contribution in [1.29, 1.82) is 0 Å². The molecule has 1 aliphatic heterocycles. The first-order valence-corrected chi connectivity index (χ1v) is 12.9. The monoisotopic (exact) mass is 485 g/mol. The molecule has 0 aliphatic carbocycles. The summed E-state index contributed by atoms with van der Waals surface area (Å²) in [6, 6.07) is 16.8. The second-order valence-corrected chi connectivity index (χ2v) is 11.2. The Balaban J connectivity index is 1.59. The van der Waals surface area contributed by atoms with Crippen LogP contribution in [0.15, 0.2) is 64.9 Å². The van der Waals surface area contributed by atoms with Crippen LogP contribution >= 0.6 is 11.3 Å². The number of benzene rings is 2. The molecule has 0 unspecified atom stereocenters. The van der Waals surface area contributed by atoms with Gasteiger partial charge in [-0.05, 0) is 47.2 Å². The minimum Gasteiger partial charge on any atom is -0.495 e. The molecule has 4 rings (SSSR count). The molecule has 174 valence electrons. The Bertz CT molecular complexity index is 1240. The highest BCUT2D eigenvalue weighted by atomic mass is 32.2. The Morgan fingerprint density at radius 2 is 1.94 bits per heavy atom. The van der Waals surface area contributed by atoms with Crippen molar-refractivity contribution < 1.29 is 17.9 Å². The first-order chi connectivity index (χ1) is 15.8. The van der Waals surface area contributed by atoms with Crippen LogP contribution < -0.4 is 10.1 Å². The van der Waals surface area contributed by atoms with Gasteiger partial charge >= 0.3 is 0 Å². The van der Waals surface area contributed by atoms with E-state index in [1.807, 2.05) is 18.2 Å². The highest BCUT2D eigenvalue weighted by molar-refractivity contribution is 7.89. The number of nitrogens with zero attached hydrogens (tertiary/aromatic N) is 2. The zero-order valence-electron chi connectivity index (χ0n) is 18.8. The number of sulfonamides is 1. The molecule has 1 atom stereocenters. The number of carbonyl (C=O) groups excluding carboxylic acids is 1. The molecule has 1 aliphatic rings. The van der Waals surface area contributed by atoms with Crippen LogP contribution in [0.5, 0.6) is 5.75 Å². The van der Waals surface area contributed by atoms with E-state index in [2.05, 4.69) is 33.8 Å². The van der Waals surface area contributed by atoms with Gasteiger partial charge in [-0.1, -0.05) is 30.3 Å². The first kappa shape index (κ1) is 23.4. The number of anilines is 1. The molecule has 33 heavy (non-hydrogen) atoms. The van der Waals surface area contributed by atoms with Gasteiger partial charge in [-0.3, -0.25) is 9.69 Å². The van der Waals surface area contributed by atoms with E-state index >= 15 is 0 Å². The van der Waals surface area contributed by atoms with Gasteiger partial charge < -0.3 is 10.1 Å². The molecule has 9 heteroatoms. The van der Waals surface area contributed by atoms with E-state index in [1.54, 1.807) is 17.4 Å². The summed E-state index contributed by atoms with van der Waals surface area (Å²) in [6.45, 7) is 0.926. The molecule has 0 saturated carbocycles. The number of hydrogen-bond acceptors (Lipinski definition) is 6. The summed E-state index contributed by atoms with van der Waals surface area (Å²) in [7, 11) is 0.781. The smallest absolute Gasteiger partial charge is 0.242 e. The van der Waals surface area contributed by atoms with E-state index in [4.69, 9.17) is 4.74 Å². The van der Waals surface area contributed by atoms with E-state index in [9.17, 15) is 13.2 Å². The largest absolute Gasteiger partial charge is 0.495 e. The number of carbonyl (C=O) groups is 1. The number of rotatable bonds is 7. The lowest BCUT2D eigenvalue weighted by Crippen LogP contribution is -2.40. The molecular formula is C24H27N3O4S2. The maximum Gasteiger partial charge on any atom is 0.242 e. The molecule has 2 aromatic carbocycles. The Kier molecular flexibility index (Phi) is 6.85. The fraction of sp³-hybridized carbons (Fsp3) is 0.292. The number of thiophene rings is 1. The topological polar surface area (TPSA) is 79.0 Å². The van der Waals surface area contributed by atoms with E-state index in [-0.39, 0.29) is 23.4 Å².